The van der Waals surface area contributed by atoms with E-state index >= 15 is 0 Å². The van der Waals surface area contributed by atoms with Crippen molar-refractivity contribution in [2.75, 3.05) is 7.05 Å². The van der Waals surface area contributed by atoms with E-state index in [9.17, 15) is 4.79 Å². The van der Waals surface area contributed by atoms with Crippen LogP contribution in [0, 0.1) is 0 Å². The Morgan fingerprint density at radius 1 is 1.33 bits per heavy atom. The summed E-state index contributed by atoms with van der Waals surface area (Å²) in [6.07, 6.45) is 2.11. The summed E-state index contributed by atoms with van der Waals surface area (Å²) in [5, 5.41) is 0.609. The Morgan fingerprint density at radius 3 is 2.44 bits per heavy atom. The maximum atomic E-state index is 12.4. The van der Waals surface area contributed by atoms with Gasteiger partial charge in [-0.15, -0.1) is 0 Å². The number of rotatable bonds is 6. The molecule has 0 aliphatic heterocycles. The Hall–Kier alpha value is -0.860. The smallest absolute Gasteiger partial charge is 0.179 e. The Balaban J connectivity index is 2.83. The number of Topliss-reactive ketones (excluding diaryl/α,β-unsaturated/α-hetero) is 1. The van der Waals surface area contributed by atoms with Gasteiger partial charge in [-0.3, -0.25) is 9.69 Å². The molecule has 0 amide bonds. The maximum Gasteiger partial charge on any atom is 0.179 e. The summed E-state index contributed by atoms with van der Waals surface area (Å²) in [5.41, 5.74) is 0.688. The molecule has 0 radical (unpaired) electrons. The van der Waals surface area contributed by atoms with Gasteiger partial charge in [0.1, 0.15) is 0 Å². The molecule has 2 nitrogen and oxygen atoms in total. The maximum absolute atomic E-state index is 12.4. The number of likely N-dealkylation sites (N-methyl/N-ethyl adjacent to an activating group) is 1. The minimum atomic E-state index is -0.117. The molecular weight excluding hydrogens is 246 g/mol. The van der Waals surface area contributed by atoms with Crippen molar-refractivity contribution in [3.63, 3.8) is 0 Å². The Labute approximate surface area is 115 Å². The highest BCUT2D eigenvalue weighted by atomic mass is 35.5. The van der Waals surface area contributed by atoms with Crippen LogP contribution in [0.25, 0.3) is 0 Å². The quantitative estimate of drug-likeness (QED) is 0.726. The third-order valence-electron chi connectivity index (χ3n) is 3.62. The molecule has 3 heteroatoms. The van der Waals surface area contributed by atoms with Crippen molar-refractivity contribution >= 4 is 17.4 Å². The summed E-state index contributed by atoms with van der Waals surface area (Å²) < 4.78 is 0. The number of hydrogen-bond donors (Lipinski definition) is 0. The second-order valence-corrected chi connectivity index (χ2v) is 5.12. The molecule has 0 aliphatic carbocycles. The normalized spacial score (nSPS) is 13.1. The van der Waals surface area contributed by atoms with Gasteiger partial charge < -0.3 is 0 Å². The van der Waals surface area contributed by atoms with E-state index in [1.807, 2.05) is 26.1 Å². The van der Waals surface area contributed by atoms with Gasteiger partial charge in [0.25, 0.3) is 0 Å². The fourth-order valence-electron chi connectivity index (χ4n) is 2.25. The lowest BCUT2D eigenvalue weighted by atomic mass is 10.0. The van der Waals surface area contributed by atoms with Gasteiger partial charge >= 0.3 is 0 Å². The van der Waals surface area contributed by atoms with Gasteiger partial charge in [0.2, 0.25) is 0 Å². The lowest BCUT2D eigenvalue weighted by Crippen LogP contribution is -2.42. The first-order chi connectivity index (χ1) is 8.51. The first kappa shape index (κ1) is 15.2. The van der Waals surface area contributed by atoms with E-state index in [4.69, 9.17) is 11.6 Å². The molecule has 1 aromatic carbocycles. The molecule has 1 atom stereocenters. The zero-order valence-corrected chi connectivity index (χ0v) is 12.4. The van der Waals surface area contributed by atoms with Gasteiger partial charge in [-0.1, -0.05) is 37.6 Å². The monoisotopic (exact) mass is 267 g/mol. The van der Waals surface area contributed by atoms with E-state index in [1.165, 1.54) is 0 Å². The van der Waals surface area contributed by atoms with Crippen LogP contribution in [-0.4, -0.2) is 29.8 Å². The minimum absolute atomic E-state index is 0.117. The number of carbonyl (C=O) groups is 1. The molecule has 100 valence electrons. The zero-order chi connectivity index (χ0) is 13.7. The van der Waals surface area contributed by atoms with Crippen LogP contribution in [0.15, 0.2) is 24.3 Å². The van der Waals surface area contributed by atoms with Gasteiger partial charge in [0.05, 0.1) is 6.04 Å². The first-order valence-corrected chi connectivity index (χ1v) is 6.90. The van der Waals surface area contributed by atoms with Gasteiger partial charge in [0.15, 0.2) is 5.78 Å². The summed E-state index contributed by atoms with van der Waals surface area (Å²) in [6, 6.07) is 7.50. The molecule has 0 saturated heterocycles. The van der Waals surface area contributed by atoms with Gasteiger partial charge in [-0.05, 0) is 38.9 Å². The molecule has 0 spiro atoms. The molecule has 1 rings (SSSR count). The molecule has 1 aromatic rings. The van der Waals surface area contributed by atoms with Crippen LogP contribution >= 0.6 is 11.6 Å². The van der Waals surface area contributed by atoms with E-state index in [-0.39, 0.29) is 11.8 Å². The summed E-state index contributed by atoms with van der Waals surface area (Å²) >= 11 is 5.92. The molecule has 0 fully saturated rings. The van der Waals surface area contributed by atoms with Crippen LogP contribution < -0.4 is 0 Å². The number of carbonyl (C=O) groups excluding carboxylic acids is 1. The van der Waals surface area contributed by atoms with E-state index in [1.54, 1.807) is 12.1 Å². The SMILES string of the molecule is CCC(CC)N(C)C(C)C(=O)c1cccc(Cl)c1. The molecule has 0 aromatic heterocycles. The Kier molecular flexibility index (Phi) is 5.83. The third kappa shape index (κ3) is 3.56. The summed E-state index contributed by atoms with van der Waals surface area (Å²) in [5.74, 6) is 0.131. The highest BCUT2D eigenvalue weighted by molar-refractivity contribution is 6.31. The fourth-order valence-corrected chi connectivity index (χ4v) is 2.44. The van der Waals surface area contributed by atoms with Crippen LogP contribution in [-0.2, 0) is 0 Å². The number of halogens is 1. The standard InChI is InChI=1S/C15H22ClNO/c1-5-14(6-2)17(4)11(3)15(18)12-8-7-9-13(16)10-12/h7-11,14H,5-6H2,1-4H3. The number of benzene rings is 1. The second kappa shape index (κ2) is 6.91. The Bertz CT molecular complexity index is 401. The number of nitrogens with zero attached hydrogens (tertiary/aromatic N) is 1. The van der Waals surface area contributed by atoms with Crippen LogP contribution in [0.3, 0.4) is 0 Å². The average molecular weight is 268 g/mol. The van der Waals surface area contributed by atoms with E-state index in [0.29, 0.717) is 16.6 Å². The molecule has 1 unspecified atom stereocenters. The third-order valence-corrected chi connectivity index (χ3v) is 3.85. The second-order valence-electron chi connectivity index (χ2n) is 4.69. The lowest BCUT2D eigenvalue weighted by molar-refractivity contribution is 0.0808. The largest absolute Gasteiger partial charge is 0.294 e. The fraction of sp³-hybridized carbons (Fsp3) is 0.533. The predicted molar refractivity (Wildman–Crippen MR) is 77.4 cm³/mol. The lowest BCUT2D eigenvalue weighted by Gasteiger charge is -2.31. The number of ketones is 1. The zero-order valence-electron chi connectivity index (χ0n) is 11.6. The van der Waals surface area contributed by atoms with Crippen LogP contribution in [0.2, 0.25) is 5.02 Å². The molecule has 0 N–H and O–H groups in total. The number of hydrogen-bond acceptors (Lipinski definition) is 2. The van der Waals surface area contributed by atoms with Crippen molar-refractivity contribution in [3.05, 3.63) is 34.9 Å². The van der Waals surface area contributed by atoms with Crippen molar-refractivity contribution in [1.82, 2.24) is 4.90 Å². The van der Waals surface area contributed by atoms with Crippen LogP contribution in [0.5, 0.6) is 0 Å². The van der Waals surface area contributed by atoms with Crippen molar-refractivity contribution in [2.24, 2.45) is 0 Å². The average Bonchev–Trinajstić information content (AvgIpc) is 2.38. The molecular formula is C15H22ClNO. The molecule has 18 heavy (non-hydrogen) atoms. The summed E-state index contributed by atoms with van der Waals surface area (Å²) in [7, 11) is 2.02. The van der Waals surface area contributed by atoms with Crippen LogP contribution in [0.1, 0.15) is 44.0 Å². The predicted octanol–water partition coefficient (Wildman–Crippen LogP) is 4.03. The highest BCUT2D eigenvalue weighted by Crippen LogP contribution is 2.17. The van der Waals surface area contributed by atoms with Crippen molar-refractivity contribution in [2.45, 2.75) is 45.7 Å². The molecule has 0 heterocycles. The van der Waals surface area contributed by atoms with Gasteiger partial charge in [-0.25, -0.2) is 0 Å². The van der Waals surface area contributed by atoms with Crippen molar-refractivity contribution in [1.29, 1.82) is 0 Å². The molecule has 0 bridgehead atoms. The van der Waals surface area contributed by atoms with E-state index in [2.05, 4.69) is 18.7 Å². The Morgan fingerprint density at radius 2 is 1.94 bits per heavy atom. The molecule has 0 saturated carbocycles. The van der Waals surface area contributed by atoms with Gasteiger partial charge in [-0.2, -0.15) is 0 Å². The summed E-state index contributed by atoms with van der Waals surface area (Å²) in [6.45, 7) is 6.27. The van der Waals surface area contributed by atoms with Crippen LogP contribution in [0.4, 0.5) is 0 Å². The highest BCUT2D eigenvalue weighted by Gasteiger charge is 2.23. The first-order valence-electron chi connectivity index (χ1n) is 6.52. The van der Waals surface area contributed by atoms with Crippen molar-refractivity contribution in [3.8, 4) is 0 Å². The minimum Gasteiger partial charge on any atom is -0.294 e. The van der Waals surface area contributed by atoms with Crippen molar-refractivity contribution < 1.29 is 4.79 Å². The van der Waals surface area contributed by atoms with E-state index in [0.717, 1.165) is 12.8 Å². The molecule has 0 aliphatic rings. The summed E-state index contributed by atoms with van der Waals surface area (Å²) in [4.78, 5) is 14.5. The van der Waals surface area contributed by atoms with Gasteiger partial charge in [0, 0.05) is 16.6 Å². The van der Waals surface area contributed by atoms with E-state index < -0.39 is 0 Å². The topological polar surface area (TPSA) is 20.3 Å².